The van der Waals surface area contributed by atoms with Crippen LogP contribution >= 0.6 is 0 Å². The van der Waals surface area contributed by atoms with E-state index in [2.05, 4.69) is 0 Å². The van der Waals surface area contributed by atoms with E-state index in [0.717, 1.165) is 10.4 Å². The van der Waals surface area contributed by atoms with Crippen LogP contribution in [0.2, 0.25) is 0 Å². The van der Waals surface area contributed by atoms with E-state index < -0.39 is 139 Å². The van der Waals surface area contributed by atoms with Crippen LogP contribution in [0.15, 0.2) is 230 Å². The Bertz CT molecular complexity index is 3900. The second-order valence-corrected chi connectivity index (χ2v) is 13.5. The molecule has 0 saturated heterocycles. The molecule has 0 atom stereocenters. The Kier molecular flexibility index (Phi) is 4.66. The SMILES string of the molecule is [2H]c1c([2H])c([2H])c(-c2ccc(N3c4ccc(-c5c([2H])c([2H])c([2H])c([2H])c5[2H])cc4B4c5ccccc5N(c5ccccc5)c5cc(N(c6c([2H])c([2H])c([2H])c([2H])c6[2H])c6c([2H])c([2H])c([2H])c([2H])c6[2H])cc3c54)cc2)c([2H])c1[2H]. The molecule has 2 aliphatic heterocycles. The Balaban J connectivity index is 1.30. The Morgan fingerprint density at radius 1 is 0.362 bits per heavy atom. The third-order valence-corrected chi connectivity index (χ3v) is 10.4. The van der Waals surface area contributed by atoms with Crippen LogP contribution in [0.25, 0.3) is 22.3 Å². The van der Waals surface area contributed by atoms with Crippen molar-refractivity contribution in [3.8, 4) is 22.3 Å². The second kappa shape index (κ2) is 14.2. The number of nitrogens with zero attached hydrogens (tertiary/aromatic N) is 3. The summed E-state index contributed by atoms with van der Waals surface area (Å²) >= 11 is 0. The van der Waals surface area contributed by atoms with Crippen molar-refractivity contribution in [2.24, 2.45) is 0 Å². The number of hydrogen-bond acceptors (Lipinski definition) is 3. The van der Waals surface area contributed by atoms with E-state index in [1.807, 2.05) is 64.4 Å². The number of benzene rings is 9. The molecule has 2 aliphatic rings. The van der Waals surface area contributed by atoms with E-state index in [4.69, 9.17) is 21.9 Å². The van der Waals surface area contributed by atoms with Gasteiger partial charge in [-0.05, 0) is 111 Å². The molecular weight excluding hydrogens is 701 g/mol. The van der Waals surface area contributed by atoms with Gasteiger partial charge in [-0.3, -0.25) is 0 Å². The lowest BCUT2D eigenvalue weighted by Crippen LogP contribution is -2.61. The summed E-state index contributed by atoms with van der Waals surface area (Å²) in [7, 11) is 0. The molecule has 0 amide bonds. The molecule has 0 radical (unpaired) electrons. The van der Waals surface area contributed by atoms with Crippen molar-refractivity contribution in [3.05, 3.63) is 230 Å². The normalized spacial score (nSPS) is 17.2. The zero-order valence-electron chi connectivity index (χ0n) is 50.3. The van der Waals surface area contributed by atoms with Crippen LogP contribution in [-0.4, -0.2) is 6.71 Å². The van der Waals surface area contributed by atoms with Crippen LogP contribution < -0.4 is 31.1 Å². The maximum absolute atomic E-state index is 9.34. The third kappa shape index (κ3) is 5.69. The number of hydrogen-bond donors (Lipinski definition) is 0. The fourth-order valence-corrected chi connectivity index (χ4v) is 8.00. The van der Waals surface area contributed by atoms with Crippen molar-refractivity contribution < 1.29 is 27.4 Å². The summed E-state index contributed by atoms with van der Waals surface area (Å²) in [6.07, 6.45) is 0. The smallest absolute Gasteiger partial charge is 0.252 e. The number of fused-ring (bicyclic) bond motifs is 4. The van der Waals surface area contributed by atoms with Crippen LogP contribution in [0.4, 0.5) is 51.2 Å². The van der Waals surface area contributed by atoms with E-state index in [9.17, 15) is 5.48 Å². The van der Waals surface area contributed by atoms with Gasteiger partial charge in [0.15, 0.2) is 0 Å². The van der Waals surface area contributed by atoms with Crippen LogP contribution in [0.3, 0.4) is 0 Å². The fraction of sp³-hybridized carbons (Fsp3) is 0. The Morgan fingerprint density at radius 2 is 0.845 bits per heavy atom. The van der Waals surface area contributed by atoms with Gasteiger partial charge in [0.2, 0.25) is 0 Å². The molecule has 3 nitrogen and oxygen atoms in total. The third-order valence-electron chi connectivity index (χ3n) is 10.4. The molecule has 58 heavy (non-hydrogen) atoms. The van der Waals surface area contributed by atoms with Gasteiger partial charge in [-0.15, -0.1) is 0 Å². The van der Waals surface area contributed by atoms with Crippen molar-refractivity contribution in [1.29, 1.82) is 0 Å². The van der Waals surface area contributed by atoms with Crippen molar-refractivity contribution in [2.75, 3.05) is 14.7 Å². The van der Waals surface area contributed by atoms with Crippen molar-refractivity contribution >= 4 is 74.3 Å². The zero-order valence-corrected chi connectivity index (χ0v) is 30.3. The topological polar surface area (TPSA) is 9.72 Å². The Labute approximate surface area is 368 Å². The average Bonchev–Trinajstić information content (AvgIpc) is 3.60. The fourth-order valence-electron chi connectivity index (χ4n) is 8.00. The summed E-state index contributed by atoms with van der Waals surface area (Å²) in [5.74, 6) is 0. The predicted octanol–water partition coefficient (Wildman–Crippen LogP) is 12.6. The van der Waals surface area contributed by atoms with Gasteiger partial charge in [0.25, 0.3) is 6.71 Å². The number of rotatable bonds is 7. The van der Waals surface area contributed by atoms with Gasteiger partial charge in [-0.25, -0.2) is 0 Å². The molecule has 9 aromatic rings. The summed E-state index contributed by atoms with van der Waals surface area (Å²) in [6, 6.07) is 19.2. The molecule has 0 aliphatic carbocycles. The standard InChI is InChI=1S/C54H38BN3/c1-6-18-39(19-7-1)41-30-33-46(34-31-41)58-51-35-32-42(40-20-8-2-9-21-40)36-49(51)55-48-28-16-17-29-50(48)57(45-26-14-5-15-27-45)52-37-47(38-53(58)54(52)55)56(43-22-10-3-11-23-43)44-24-12-4-13-25-44/h1-38H/i1D,2D,3D,4D,6D,7D,8D,9D,10D,11D,12D,13D,18D,19D,20D,21D,22D,23D,24D,25D. The highest BCUT2D eigenvalue weighted by molar-refractivity contribution is 7.00. The van der Waals surface area contributed by atoms with Crippen LogP contribution in [0.5, 0.6) is 0 Å². The van der Waals surface area contributed by atoms with Gasteiger partial charge in [0.1, 0.15) is 0 Å². The molecule has 11 rings (SSSR count). The van der Waals surface area contributed by atoms with Crippen molar-refractivity contribution in [2.45, 2.75) is 0 Å². The molecule has 0 N–H and O–H groups in total. The molecule has 0 fully saturated rings. The minimum Gasteiger partial charge on any atom is -0.311 e. The molecule has 9 aromatic carbocycles. The van der Waals surface area contributed by atoms with E-state index in [0.29, 0.717) is 50.6 Å². The quantitative estimate of drug-likeness (QED) is 0.150. The van der Waals surface area contributed by atoms with E-state index in [1.165, 1.54) is 0 Å². The molecule has 4 heteroatoms. The van der Waals surface area contributed by atoms with Crippen LogP contribution in [0.1, 0.15) is 27.4 Å². The average molecular weight is 760 g/mol. The summed E-state index contributed by atoms with van der Waals surface area (Å²) in [4.78, 5) is 4.86. The molecule has 272 valence electrons. The maximum Gasteiger partial charge on any atom is 0.252 e. The molecule has 0 aromatic heterocycles. The highest BCUT2D eigenvalue weighted by Crippen LogP contribution is 2.48. The van der Waals surface area contributed by atoms with Crippen LogP contribution in [0, 0.1) is 0 Å². The highest BCUT2D eigenvalue weighted by Gasteiger charge is 2.44. The molecule has 0 spiro atoms. The molecule has 2 heterocycles. The number of para-hydroxylation sites is 4. The van der Waals surface area contributed by atoms with Gasteiger partial charge >= 0.3 is 0 Å². The first-order valence-electron chi connectivity index (χ1n) is 28.3. The maximum atomic E-state index is 9.34. The monoisotopic (exact) mass is 759 g/mol. The van der Waals surface area contributed by atoms with Gasteiger partial charge in [0, 0.05) is 45.5 Å². The van der Waals surface area contributed by atoms with Gasteiger partial charge in [-0.2, -0.15) is 0 Å². The summed E-state index contributed by atoms with van der Waals surface area (Å²) in [5.41, 5.74) is 4.26. The Morgan fingerprint density at radius 3 is 1.45 bits per heavy atom. The van der Waals surface area contributed by atoms with E-state index in [-0.39, 0.29) is 22.4 Å². The molecule has 0 bridgehead atoms. The highest BCUT2D eigenvalue weighted by atomic mass is 15.2. The van der Waals surface area contributed by atoms with Crippen LogP contribution in [-0.2, 0) is 0 Å². The predicted molar refractivity (Wildman–Crippen MR) is 246 cm³/mol. The van der Waals surface area contributed by atoms with E-state index >= 15 is 0 Å². The second-order valence-electron chi connectivity index (χ2n) is 13.5. The summed E-state index contributed by atoms with van der Waals surface area (Å²) < 4.78 is 176. The molecular formula is C54H38BN3. The number of anilines is 9. The largest absolute Gasteiger partial charge is 0.311 e. The van der Waals surface area contributed by atoms with Gasteiger partial charge < -0.3 is 14.7 Å². The first-order chi connectivity index (χ1) is 37.1. The van der Waals surface area contributed by atoms with Gasteiger partial charge in [-0.1, -0.05) is 157 Å². The first kappa shape index (κ1) is 19.1. The van der Waals surface area contributed by atoms with E-state index in [1.54, 1.807) is 54.6 Å². The Hall–Kier alpha value is -7.56. The minimum absolute atomic E-state index is 0.0141. The lowest BCUT2D eigenvalue weighted by molar-refractivity contribution is 1.23. The molecule has 0 unspecified atom stereocenters. The van der Waals surface area contributed by atoms with Crippen molar-refractivity contribution in [1.82, 2.24) is 0 Å². The molecule has 0 saturated carbocycles. The summed E-state index contributed by atoms with van der Waals surface area (Å²) in [5, 5.41) is 0. The lowest BCUT2D eigenvalue weighted by Gasteiger charge is -2.45. The summed E-state index contributed by atoms with van der Waals surface area (Å²) in [6.45, 7) is -0.739. The zero-order chi connectivity index (χ0) is 55.8. The first-order valence-corrected chi connectivity index (χ1v) is 18.3. The minimum atomic E-state index is -0.757. The van der Waals surface area contributed by atoms with Crippen molar-refractivity contribution in [3.63, 3.8) is 0 Å². The van der Waals surface area contributed by atoms with Gasteiger partial charge in [0.05, 0.1) is 33.1 Å². The lowest BCUT2D eigenvalue weighted by atomic mass is 9.33.